The molecule has 5 rings (SSSR count). The lowest BCUT2D eigenvalue weighted by molar-refractivity contribution is -0.157. The van der Waals surface area contributed by atoms with Crippen molar-refractivity contribution in [3.63, 3.8) is 0 Å². The van der Waals surface area contributed by atoms with Crippen LogP contribution in [-0.4, -0.2) is 50.6 Å². The smallest absolute Gasteiger partial charge is 0.407 e. The Kier molecular flexibility index (Phi) is 8.27. The molecule has 1 aromatic heterocycles. The maximum atomic E-state index is 14.3. The molecule has 0 spiro atoms. The van der Waals surface area contributed by atoms with Crippen LogP contribution in [0, 0.1) is 17.3 Å². The maximum absolute atomic E-state index is 14.3. The summed E-state index contributed by atoms with van der Waals surface area (Å²) >= 11 is 0. The van der Waals surface area contributed by atoms with Crippen molar-refractivity contribution >= 4 is 23.7 Å². The van der Waals surface area contributed by atoms with Gasteiger partial charge in [0.05, 0.1) is 23.4 Å². The van der Waals surface area contributed by atoms with Crippen LogP contribution in [0.25, 0.3) is 0 Å². The SMILES string of the molecule is CC(C)(C)OC(=O)N[C@@H]1CCCC[C@@H]1C(=O)N1CCC2C(c3nccn3COC(=O)C(C)(C)C)Nc3ccccc3C21. The van der Waals surface area contributed by atoms with Gasteiger partial charge in [0.2, 0.25) is 5.91 Å². The summed E-state index contributed by atoms with van der Waals surface area (Å²) in [5, 5.41) is 6.71. The summed E-state index contributed by atoms with van der Waals surface area (Å²) in [6.45, 7) is 11.7. The first-order valence-electron chi connectivity index (χ1n) is 15.2. The van der Waals surface area contributed by atoms with Gasteiger partial charge < -0.3 is 25.0 Å². The number of hydrogen-bond donors (Lipinski definition) is 2. The van der Waals surface area contributed by atoms with Crippen molar-refractivity contribution in [2.75, 3.05) is 11.9 Å². The minimum absolute atomic E-state index is 0.0733. The standard InChI is InChI=1S/C32H45N5O5/c1-31(2,3)29(39)41-19-36-18-16-33-27(36)25-22-15-17-37(26(22)20-11-7-9-13-23(20)34-25)28(38)21-12-8-10-14-24(21)35-30(40)42-32(4,5)6/h7,9,11,13,16,18,21-22,24-26,34H,8,10,12,14-15,17,19H2,1-6H3,(H,35,40)/t21-,22?,24+,25?,26?/m0/s1. The molecule has 2 aliphatic heterocycles. The predicted octanol–water partition coefficient (Wildman–Crippen LogP) is 5.57. The monoisotopic (exact) mass is 579 g/mol. The fourth-order valence-corrected chi connectivity index (χ4v) is 6.55. The number of hydrogen-bond acceptors (Lipinski definition) is 7. The lowest BCUT2D eigenvalue weighted by Gasteiger charge is -2.41. The summed E-state index contributed by atoms with van der Waals surface area (Å²) in [5.74, 6) is 0.355. The average molecular weight is 580 g/mol. The Bertz CT molecular complexity index is 1310. The van der Waals surface area contributed by atoms with Crippen LogP contribution in [0.5, 0.6) is 0 Å². The molecule has 10 nitrogen and oxygen atoms in total. The van der Waals surface area contributed by atoms with Crippen LogP contribution < -0.4 is 10.6 Å². The molecule has 0 bridgehead atoms. The third-order valence-corrected chi connectivity index (χ3v) is 8.50. The highest BCUT2D eigenvalue weighted by Crippen LogP contribution is 2.51. The average Bonchev–Trinajstić information content (AvgIpc) is 3.57. The summed E-state index contributed by atoms with van der Waals surface area (Å²) in [6, 6.07) is 7.57. The molecule has 3 heterocycles. The molecule has 1 aromatic carbocycles. The first-order chi connectivity index (χ1) is 19.8. The molecular weight excluding hydrogens is 534 g/mol. The molecule has 2 fully saturated rings. The zero-order valence-corrected chi connectivity index (χ0v) is 25.7. The summed E-state index contributed by atoms with van der Waals surface area (Å²) in [7, 11) is 0. The van der Waals surface area contributed by atoms with E-state index in [9.17, 15) is 14.4 Å². The number of fused-ring (bicyclic) bond motifs is 3. The van der Waals surface area contributed by atoms with Gasteiger partial charge in [-0.15, -0.1) is 0 Å². The van der Waals surface area contributed by atoms with Gasteiger partial charge in [0, 0.05) is 36.6 Å². The molecule has 2 N–H and O–H groups in total. The molecule has 10 heteroatoms. The van der Waals surface area contributed by atoms with E-state index < -0.39 is 17.1 Å². The largest absolute Gasteiger partial charge is 0.444 e. The summed E-state index contributed by atoms with van der Waals surface area (Å²) < 4.78 is 13.0. The van der Waals surface area contributed by atoms with Gasteiger partial charge in [-0.25, -0.2) is 9.78 Å². The number of benzene rings is 1. The van der Waals surface area contributed by atoms with Gasteiger partial charge in [0.1, 0.15) is 11.4 Å². The Morgan fingerprint density at radius 1 is 1.05 bits per heavy atom. The van der Waals surface area contributed by atoms with Crippen molar-refractivity contribution in [2.45, 2.75) is 104 Å². The molecule has 2 amide bonds. The van der Waals surface area contributed by atoms with Crippen molar-refractivity contribution in [3.05, 3.63) is 48.0 Å². The van der Waals surface area contributed by atoms with E-state index in [1.165, 1.54) is 0 Å². The van der Waals surface area contributed by atoms with E-state index in [4.69, 9.17) is 14.5 Å². The number of alkyl carbamates (subject to hydrolysis) is 1. The molecule has 1 saturated heterocycles. The quantitative estimate of drug-likeness (QED) is 0.445. The zero-order valence-electron chi connectivity index (χ0n) is 25.7. The predicted molar refractivity (Wildman–Crippen MR) is 158 cm³/mol. The molecule has 228 valence electrons. The van der Waals surface area contributed by atoms with Crippen LogP contribution in [0.1, 0.15) is 97.1 Å². The highest BCUT2D eigenvalue weighted by atomic mass is 16.6. The van der Waals surface area contributed by atoms with E-state index in [1.807, 2.05) is 75.4 Å². The number of nitrogens with one attached hydrogen (secondary N) is 2. The number of aromatic nitrogens is 2. The fraction of sp³-hybridized carbons (Fsp3) is 0.625. The number of nitrogens with zero attached hydrogens (tertiary/aromatic N) is 3. The van der Waals surface area contributed by atoms with Crippen molar-refractivity contribution in [3.8, 4) is 0 Å². The van der Waals surface area contributed by atoms with Gasteiger partial charge >= 0.3 is 12.1 Å². The number of esters is 1. The number of ether oxygens (including phenoxy) is 2. The van der Waals surface area contributed by atoms with Crippen LogP contribution >= 0.6 is 0 Å². The molecule has 1 saturated carbocycles. The number of amides is 2. The fourth-order valence-electron chi connectivity index (χ4n) is 6.55. The Balaban J connectivity index is 1.39. The van der Waals surface area contributed by atoms with E-state index in [0.717, 1.165) is 49.2 Å². The number of likely N-dealkylation sites (tertiary alicyclic amines) is 1. The minimum atomic E-state index is -0.606. The van der Waals surface area contributed by atoms with E-state index in [0.29, 0.717) is 6.54 Å². The first kappa shape index (κ1) is 29.9. The molecule has 2 aromatic rings. The molecule has 3 aliphatic rings. The molecule has 3 unspecified atom stereocenters. The van der Waals surface area contributed by atoms with Gasteiger partial charge in [-0.3, -0.25) is 14.2 Å². The van der Waals surface area contributed by atoms with E-state index in [-0.39, 0.29) is 48.6 Å². The molecule has 42 heavy (non-hydrogen) atoms. The van der Waals surface area contributed by atoms with Gasteiger partial charge in [0.25, 0.3) is 0 Å². The topological polar surface area (TPSA) is 115 Å². The summed E-state index contributed by atoms with van der Waals surface area (Å²) in [6.07, 6.45) is 7.29. The van der Waals surface area contributed by atoms with Crippen molar-refractivity contribution < 1.29 is 23.9 Å². The number of carbonyl (C=O) groups excluding carboxylic acids is 3. The molecule has 0 radical (unpaired) electrons. The first-order valence-corrected chi connectivity index (χ1v) is 15.2. The third-order valence-electron chi connectivity index (χ3n) is 8.50. The second kappa shape index (κ2) is 11.6. The zero-order chi connectivity index (χ0) is 30.2. The van der Waals surface area contributed by atoms with Gasteiger partial charge in [0.15, 0.2) is 6.73 Å². The number of carbonyl (C=O) groups is 3. The second-order valence-corrected chi connectivity index (χ2v) is 13.8. The second-order valence-electron chi connectivity index (χ2n) is 13.8. The summed E-state index contributed by atoms with van der Waals surface area (Å²) in [5.41, 5.74) is 0.853. The Morgan fingerprint density at radius 3 is 2.52 bits per heavy atom. The lowest BCUT2D eigenvalue weighted by Crippen LogP contribution is -2.51. The van der Waals surface area contributed by atoms with Crippen LogP contribution in [0.4, 0.5) is 10.5 Å². The number of anilines is 1. The highest BCUT2D eigenvalue weighted by molar-refractivity contribution is 5.82. The van der Waals surface area contributed by atoms with Crippen LogP contribution in [-0.2, 0) is 25.8 Å². The Hall–Kier alpha value is -3.56. The normalized spacial score (nSPS) is 25.6. The number of rotatable bonds is 5. The van der Waals surface area contributed by atoms with E-state index in [2.05, 4.69) is 16.7 Å². The van der Waals surface area contributed by atoms with E-state index in [1.54, 1.807) is 6.20 Å². The highest BCUT2D eigenvalue weighted by Gasteiger charge is 2.49. The third kappa shape index (κ3) is 6.27. The minimum Gasteiger partial charge on any atom is -0.444 e. The lowest BCUT2D eigenvalue weighted by atomic mass is 9.80. The van der Waals surface area contributed by atoms with Crippen molar-refractivity contribution in [2.24, 2.45) is 17.3 Å². The van der Waals surface area contributed by atoms with Gasteiger partial charge in [-0.2, -0.15) is 0 Å². The number of imidazole rings is 1. The van der Waals surface area contributed by atoms with Crippen LogP contribution in [0.3, 0.4) is 0 Å². The van der Waals surface area contributed by atoms with Crippen molar-refractivity contribution in [1.29, 1.82) is 0 Å². The van der Waals surface area contributed by atoms with Gasteiger partial charge in [-0.1, -0.05) is 31.0 Å². The maximum Gasteiger partial charge on any atom is 0.407 e. The summed E-state index contributed by atoms with van der Waals surface area (Å²) in [4.78, 5) is 46.2. The molecular formula is C32H45N5O5. The molecule has 1 aliphatic carbocycles. The molecule has 5 atom stereocenters. The van der Waals surface area contributed by atoms with Crippen molar-refractivity contribution in [1.82, 2.24) is 19.8 Å². The Labute approximate surface area is 248 Å². The van der Waals surface area contributed by atoms with Crippen LogP contribution in [0.15, 0.2) is 36.7 Å². The van der Waals surface area contributed by atoms with Crippen LogP contribution in [0.2, 0.25) is 0 Å². The van der Waals surface area contributed by atoms with E-state index >= 15 is 0 Å². The Morgan fingerprint density at radius 2 is 1.79 bits per heavy atom. The van der Waals surface area contributed by atoms with Gasteiger partial charge in [-0.05, 0) is 72.4 Å². The number of para-hydroxylation sites is 1.